The number of rotatable bonds is 4. The molecule has 2 aromatic carbocycles. The second-order valence-electron chi connectivity index (χ2n) is 4.84. The Morgan fingerprint density at radius 3 is 1.68 bits per heavy atom. The van der Waals surface area contributed by atoms with Gasteiger partial charge in [0, 0.05) is 5.92 Å². The highest BCUT2D eigenvalue weighted by Crippen LogP contribution is 2.33. The molecule has 3 nitrogen and oxygen atoms in total. The Morgan fingerprint density at radius 2 is 1.37 bits per heavy atom. The molecular formula is C16H17NO2. The Balaban J connectivity index is 2.55. The molecule has 0 saturated carbocycles. The Bertz CT molecular complexity index is 510. The number of carbonyl (C=O) groups is 1. The summed E-state index contributed by atoms with van der Waals surface area (Å²) >= 11 is 0. The second kappa shape index (κ2) is 5.24. The van der Waals surface area contributed by atoms with E-state index >= 15 is 0 Å². The van der Waals surface area contributed by atoms with Crippen LogP contribution in [0.15, 0.2) is 60.7 Å². The van der Waals surface area contributed by atoms with E-state index in [4.69, 9.17) is 5.73 Å². The first-order valence-corrected chi connectivity index (χ1v) is 6.15. The maximum absolute atomic E-state index is 11.5. The molecule has 1 atom stereocenters. The molecule has 0 spiro atoms. The Morgan fingerprint density at radius 1 is 1.00 bits per heavy atom. The average molecular weight is 255 g/mol. The van der Waals surface area contributed by atoms with Gasteiger partial charge in [-0.25, -0.2) is 0 Å². The largest absolute Gasteiger partial charge is 0.480 e. The summed E-state index contributed by atoms with van der Waals surface area (Å²) in [6, 6.07) is 19.0. The van der Waals surface area contributed by atoms with Crippen LogP contribution in [0.25, 0.3) is 0 Å². The lowest BCUT2D eigenvalue weighted by Crippen LogP contribution is -2.50. The van der Waals surface area contributed by atoms with E-state index in [1.807, 2.05) is 60.7 Å². The van der Waals surface area contributed by atoms with E-state index in [0.29, 0.717) is 0 Å². The maximum Gasteiger partial charge on any atom is 0.324 e. The minimum atomic E-state index is -1.36. The highest BCUT2D eigenvalue weighted by atomic mass is 16.4. The molecule has 0 fully saturated rings. The van der Waals surface area contributed by atoms with Crippen LogP contribution in [0.1, 0.15) is 24.0 Å². The summed E-state index contributed by atoms with van der Waals surface area (Å²) in [6.45, 7) is 1.56. The van der Waals surface area contributed by atoms with E-state index in [-0.39, 0.29) is 5.92 Å². The average Bonchev–Trinajstić information content (AvgIpc) is 2.41. The number of aliphatic carboxylic acids is 1. The van der Waals surface area contributed by atoms with Crippen molar-refractivity contribution in [2.24, 2.45) is 5.73 Å². The first kappa shape index (κ1) is 13.3. The van der Waals surface area contributed by atoms with Gasteiger partial charge in [0.05, 0.1) is 0 Å². The number of hydrogen-bond donors (Lipinski definition) is 2. The van der Waals surface area contributed by atoms with Gasteiger partial charge in [-0.2, -0.15) is 0 Å². The van der Waals surface area contributed by atoms with Crippen LogP contribution in [0.3, 0.4) is 0 Å². The van der Waals surface area contributed by atoms with Crippen LogP contribution >= 0.6 is 0 Å². The molecule has 2 rings (SSSR count). The normalized spacial score (nSPS) is 14.1. The first-order valence-electron chi connectivity index (χ1n) is 6.15. The molecular weight excluding hydrogens is 238 g/mol. The zero-order chi connectivity index (χ0) is 13.9. The molecule has 0 aliphatic rings. The van der Waals surface area contributed by atoms with Gasteiger partial charge in [-0.1, -0.05) is 60.7 Å². The smallest absolute Gasteiger partial charge is 0.324 e. The molecule has 0 bridgehead atoms. The van der Waals surface area contributed by atoms with Crippen LogP contribution in [0.2, 0.25) is 0 Å². The molecule has 3 heteroatoms. The summed E-state index contributed by atoms with van der Waals surface area (Å²) in [4.78, 5) is 11.5. The molecule has 2 aromatic rings. The minimum Gasteiger partial charge on any atom is -0.480 e. The lowest BCUT2D eigenvalue weighted by molar-refractivity contribution is -0.143. The number of nitrogens with two attached hydrogens (primary N) is 1. The summed E-state index contributed by atoms with van der Waals surface area (Å²) < 4.78 is 0. The van der Waals surface area contributed by atoms with Crippen LogP contribution in [0, 0.1) is 0 Å². The van der Waals surface area contributed by atoms with Gasteiger partial charge in [0.2, 0.25) is 0 Å². The van der Waals surface area contributed by atoms with Gasteiger partial charge in [0.1, 0.15) is 5.54 Å². The molecule has 3 N–H and O–H groups in total. The van der Waals surface area contributed by atoms with Crippen LogP contribution in [-0.2, 0) is 4.79 Å². The quantitative estimate of drug-likeness (QED) is 0.882. The van der Waals surface area contributed by atoms with Gasteiger partial charge in [0.25, 0.3) is 0 Å². The third-order valence-electron chi connectivity index (χ3n) is 3.33. The fourth-order valence-corrected chi connectivity index (χ4v) is 2.30. The first-order chi connectivity index (χ1) is 9.03. The summed E-state index contributed by atoms with van der Waals surface area (Å²) in [6.07, 6.45) is 0. The van der Waals surface area contributed by atoms with E-state index < -0.39 is 11.5 Å². The van der Waals surface area contributed by atoms with E-state index in [2.05, 4.69) is 0 Å². The standard InChI is InChI=1S/C16H17NO2/c1-16(17,15(18)19)14(12-8-4-2-5-9-12)13-10-6-3-7-11-13/h2-11,14H,17H2,1H3,(H,18,19)/t16-/m0/s1. The topological polar surface area (TPSA) is 63.3 Å². The van der Waals surface area contributed by atoms with Crippen molar-refractivity contribution in [2.45, 2.75) is 18.4 Å². The summed E-state index contributed by atoms with van der Waals surface area (Å²) in [5, 5.41) is 9.41. The molecule has 0 amide bonds. The van der Waals surface area contributed by atoms with E-state index in [1.54, 1.807) is 6.92 Å². The molecule has 98 valence electrons. The molecule has 0 aromatic heterocycles. The van der Waals surface area contributed by atoms with Crippen molar-refractivity contribution < 1.29 is 9.90 Å². The van der Waals surface area contributed by atoms with Gasteiger partial charge in [0.15, 0.2) is 0 Å². The fourth-order valence-electron chi connectivity index (χ4n) is 2.30. The van der Waals surface area contributed by atoms with E-state index in [9.17, 15) is 9.90 Å². The second-order valence-corrected chi connectivity index (χ2v) is 4.84. The van der Waals surface area contributed by atoms with Gasteiger partial charge < -0.3 is 10.8 Å². The SMILES string of the molecule is C[C@@](N)(C(=O)O)C(c1ccccc1)c1ccccc1. The summed E-state index contributed by atoms with van der Waals surface area (Å²) in [7, 11) is 0. The minimum absolute atomic E-state index is 0.382. The predicted octanol–water partition coefficient (Wildman–Crippen LogP) is 2.62. The molecule has 0 radical (unpaired) electrons. The van der Waals surface area contributed by atoms with Gasteiger partial charge in [-0.15, -0.1) is 0 Å². The number of hydrogen-bond acceptors (Lipinski definition) is 2. The van der Waals surface area contributed by atoms with E-state index in [1.165, 1.54) is 0 Å². The lowest BCUT2D eigenvalue weighted by Gasteiger charge is -2.31. The maximum atomic E-state index is 11.5. The Hall–Kier alpha value is -2.13. The molecule has 0 saturated heterocycles. The van der Waals surface area contributed by atoms with Crippen molar-refractivity contribution in [1.82, 2.24) is 0 Å². The molecule has 0 heterocycles. The highest BCUT2D eigenvalue weighted by molar-refractivity contribution is 5.80. The predicted molar refractivity (Wildman–Crippen MR) is 75.0 cm³/mol. The van der Waals surface area contributed by atoms with Gasteiger partial charge >= 0.3 is 5.97 Å². The fraction of sp³-hybridized carbons (Fsp3) is 0.188. The van der Waals surface area contributed by atoms with Crippen molar-refractivity contribution in [3.63, 3.8) is 0 Å². The third-order valence-corrected chi connectivity index (χ3v) is 3.33. The summed E-state index contributed by atoms with van der Waals surface area (Å²) in [5.74, 6) is -1.39. The highest BCUT2D eigenvalue weighted by Gasteiger charge is 2.39. The molecule has 0 aliphatic heterocycles. The Labute approximate surface area is 112 Å². The van der Waals surface area contributed by atoms with Crippen molar-refractivity contribution in [3.8, 4) is 0 Å². The number of carboxylic acids is 1. The summed E-state index contributed by atoms with van der Waals surface area (Å²) in [5.41, 5.74) is 6.52. The zero-order valence-corrected chi connectivity index (χ0v) is 10.8. The van der Waals surface area contributed by atoms with Crippen molar-refractivity contribution in [2.75, 3.05) is 0 Å². The van der Waals surface area contributed by atoms with Crippen LogP contribution in [0.5, 0.6) is 0 Å². The molecule has 0 unspecified atom stereocenters. The van der Waals surface area contributed by atoms with Crippen molar-refractivity contribution in [1.29, 1.82) is 0 Å². The van der Waals surface area contributed by atoms with Crippen LogP contribution in [0.4, 0.5) is 0 Å². The molecule has 0 aliphatic carbocycles. The third kappa shape index (κ3) is 2.66. The van der Waals surface area contributed by atoms with E-state index in [0.717, 1.165) is 11.1 Å². The van der Waals surface area contributed by atoms with Crippen LogP contribution < -0.4 is 5.73 Å². The lowest BCUT2D eigenvalue weighted by atomic mass is 9.76. The number of benzene rings is 2. The number of carboxylic acid groups (broad SMARTS) is 1. The Kier molecular flexibility index (Phi) is 3.67. The zero-order valence-electron chi connectivity index (χ0n) is 10.8. The van der Waals surface area contributed by atoms with Crippen molar-refractivity contribution in [3.05, 3.63) is 71.8 Å². The monoisotopic (exact) mass is 255 g/mol. The van der Waals surface area contributed by atoms with Gasteiger partial charge in [-0.3, -0.25) is 4.79 Å². The van der Waals surface area contributed by atoms with Crippen LogP contribution in [-0.4, -0.2) is 16.6 Å². The molecule has 19 heavy (non-hydrogen) atoms. The van der Waals surface area contributed by atoms with Crippen molar-refractivity contribution >= 4 is 5.97 Å². The van der Waals surface area contributed by atoms with Gasteiger partial charge in [-0.05, 0) is 18.1 Å².